The zero-order chi connectivity index (χ0) is 14.4. The number of hydrogen-bond donors (Lipinski definition) is 0. The van der Waals surface area contributed by atoms with Gasteiger partial charge in [-0.2, -0.15) is 11.8 Å². The normalized spacial score (nSPS) is 10.5. The van der Waals surface area contributed by atoms with Gasteiger partial charge in [0.1, 0.15) is 12.9 Å². The predicted molar refractivity (Wildman–Crippen MR) is 77.4 cm³/mol. The van der Waals surface area contributed by atoms with Crippen LogP contribution in [-0.2, 0) is 4.74 Å². The van der Waals surface area contributed by atoms with Gasteiger partial charge >= 0.3 is 5.97 Å². The molecular formula is C12H13ClN4O2S. The van der Waals surface area contributed by atoms with Gasteiger partial charge in [-0.15, -0.1) is 5.10 Å². The predicted octanol–water partition coefficient (Wildman–Crippen LogP) is 2.23. The summed E-state index contributed by atoms with van der Waals surface area (Å²) in [6.45, 7) is 2.43. The Morgan fingerprint density at radius 3 is 3.00 bits per heavy atom. The van der Waals surface area contributed by atoms with Crippen molar-refractivity contribution in [3.8, 4) is 5.69 Å². The summed E-state index contributed by atoms with van der Waals surface area (Å²) in [4.78, 5) is 11.9. The molecule has 0 N–H and O–H groups in total. The van der Waals surface area contributed by atoms with Crippen LogP contribution in [0, 0.1) is 0 Å². The number of halogens is 1. The number of tetrazole rings is 1. The van der Waals surface area contributed by atoms with Gasteiger partial charge in [0.25, 0.3) is 0 Å². The van der Waals surface area contributed by atoms with Crippen molar-refractivity contribution >= 4 is 29.3 Å². The number of carbonyl (C=O) groups is 1. The van der Waals surface area contributed by atoms with E-state index in [0.29, 0.717) is 22.9 Å². The van der Waals surface area contributed by atoms with E-state index >= 15 is 0 Å². The van der Waals surface area contributed by atoms with Crippen molar-refractivity contribution in [3.63, 3.8) is 0 Å². The molecule has 0 saturated carbocycles. The topological polar surface area (TPSA) is 69.9 Å². The van der Waals surface area contributed by atoms with Gasteiger partial charge in [-0.25, -0.2) is 9.48 Å². The molecule has 8 heteroatoms. The Hall–Kier alpha value is -1.60. The molecule has 2 aromatic rings. The van der Waals surface area contributed by atoms with Crippen molar-refractivity contribution in [3.05, 3.63) is 35.1 Å². The Kier molecular flexibility index (Phi) is 5.37. The molecule has 0 aliphatic rings. The first-order valence-corrected chi connectivity index (χ1v) is 7.53. The Labute approximate surface area is 125 Å². The standard InChI is InChI=1S/C12H13ClN4O2S/c1-2-20-6-5-19-12(18)10-4-3-9(7-11(10)13)17-8-14-15-16-17/h3-4,7-8H,2,5-6H2,1H3. The third kappa shape index (κ3) is 3.71. The average molecular weight is 313 g/mol. The summed E-state index contributed by atoms with van der Waals surface area (Å²) in [6.07, 6.45) is 1.45. The lowest BCUT2D eigenvalue weighted by atomic mass is 10.2. The Morgan fingerprint density at radius 2 is 2.35 bits per heavy atom. The van der Waals surface area contributed by atoms with Gasteiger partial charge in [-0.3, -0.25) is 0 Å². The number of carbonyl (C=O) groups excluding carboxylic acids is 1. The minimum absolute atomic E-state index is 0.311. The number of hydrogen-bond acceptors (Lipinski definition) is 6. The number of esters is 1. The number of rotatable bonds is 6. The third-order valence-electron chi connectivity index (χ3n) is 2.45. The second-order valence-corrected chi connectivity index (χ2v) is 5.55. The molecule has 0 fully saturated rings. The van der Waals surface area contributed by atoms with Crippen LogP contribution in [0.2, 0.25) is 5.02 Å². The molecule has 106 valence electrons. The molecule has 6 nitrogen and oxygen atoms in total. The summed E-state index contributed by atoms with van der Waals surface area (Å²) in [6, 6.07) is 4.93. The zero-order valence-corrected chi connectivity index (χ0v) is 12.4. The quantitative estimate of drug-likeness (QED) is 0.602. The second kappa shape index (κ2) is 7.25. The summed E-state index contributed by atoms with van der Waals surface area (Å²) in [5, 5.41) is 11.1. The van der Waals surface area contributed by atoms with E-state index in [9.17, 15) is 4.79 Å². The van der Waals surface area contributed by atoms with Crippen LogP contribution < -0.4 is 0 Å². The first-order valence-electron chi connectivity index (χ1n) is 6.00. The molecule has 0 saturated heterocycles. The summed E-state index contributed by atoms with van der Waals surface area (Å²) in [5.74, 6) is 1.36. The van der Waals surface area contributed by atoms with Crippen LogP contribution in [0.25, 0.3) is 5.69 Å². The number of nitrogens with zero attached hydrogens (tertiary/aromatic N) is 4. The van der Waals surface area contributed by atoms with Gasteiger partial charge in [-0.05, 0) is 34.4 Å². The van der Waals surface area contributed by atoms with Gasteiger partial charge in [0.15, 0.2) is 0 Å². The molecule has 0 atom stereocenters. The molecule has 0 bridgehead atoms. The van der Waals surface area contributed by atoms with Crippen LogP contribution in [-0.4, -0.2) is 44.3 Å². The van der Waals surface area contributed by atoms with Crippen LogP contribution in [0.5, 0.6) is 0 Å². The highest BCUT2D eigenvalue weighted by atomic mass is 35.5. The highest BCUT2D eigenvalue weighted by molar-refractivity contribution is 7.99. The van der Waals surface area contributed by atoms with E-state index in [1.807, 2.05) is 0 Å². The molecule has 20 heavy (non-hydrogen) atoms. The molecule has 1 aromatic heterocycles. The molecule has 0 aliphatic carbocycles. The van der Waals surface area contributed by atoms with E-state index in [1.165, 1.54) is 11.0 Å². The van der Waals surface area contributed by atoms with E-state index in [1.54, 1.807) is 30.0 Å². The van der Waals surface area contributed by atoms with Crippen molar-refractivity contribution in [1.82, 2.24) is 20.2 Å². The highest BCUT2D eigenvalue weighted by Crippen LogP contribution is 2.20. The van der Waals surface area contributed by atoms with Crippen molar-refractivity contribution in [2.24, 2.45) is 0 Å². The molecule has 2 rings (SSSR count). The first-order chi connectivity index (χ1) is 9.72. The fraction of sp³-hybridized carbons (Fsp3) is 0.333. The van der Waals surface area contributed by atoms with Crippen molar-refractivity contribution in [2.75, 3.05) is 18.1 Å². The molecule has 0 radical (unpaired) electrons. The SMILES string of the molecule is CCSCCOC(=O)c1ccc(-n2cnnn2)cc1Cl. The molecule has 1 aromatic carbocycles. The molecule has 0 aliphatic heterocycles. The van der Waals surface area contributed by atoms with Crippen LogP contribution in [0.15, 0.2) is 24.5 Å². The van der Waals surface area contributed by atoms with Crippen LogP contribution in [0.4, 0.5) is 0 Å². The number of ether oxygens (including phenoxy) is 1. The van der Waals surface area contributed by atoms with Gasteiger partial charge in [-0.1, -0.05) is 18.5 Å². The van der Waals surface area contributed by atoms with E-state index in [2.05, 4.69) is 22.4 Å². The second-order valence-electron chi connectivity index (χ2n) is 3.75. The largest absolute Gasteiger partial charge is 0.461 e. The average Bonchev–Trinajstić information content (AvgIpc) is 2.97. The molecule has 0 spiro atoms. The van der Waals surface area contributed by atoms with E-state index in [-0.39, 0.29) is 0 Å². The molecule has 1 heterocycles. The maximum atomic E-state index is 11.9. The summed E-state index contributed by atoms with van der Waals surface area (Å²) >= 11 is 7.81. The fourth-order valence-corrected chi connectivity index (χ4v) is 2.25. The van der Waals surface area contributed by atoms with Gasteiger partial charge in [0, 0.05) is 5.75 Å². The Morgan fingerprint density at radius 1 is 1.50 bits per heavy atom. The van der Waals surface area contributed by atoms with Crippen molar-refractivity contribution in [1.29, 1.82) is 0 Å². The maximum absolute atomic E-state index is 11.9. The van der Waals surface area contributed by atoms with Crippen LogP contribution in [0.1, 0.15) is 17.3 Å². The summed E-state index contributed by atoms with van der Waals surface area (Å²) in [7, 11) is 0. The summed E-state index contributed by atoms with van der Waals surface area (Å²) < 4.78 is 6.61. The first kappa shape index (κ1) is 14.8. The number of thioether (sulfide) groups is 1. The van der Waals surface area contributed by atoms with E-state index in [4.69, 9.17) is 16.3 Å². The number of aromatic nitrogens is 4. The van der Waals surface area contributed by atoms with Gasteiger partial charge < -0.3 is 4.74 Å². The van der Waals surface area contributed by atoms with E-state index < -0.39 is 5.97 Å². The minimum atomic E-state index is -0.421. The third-order valence-corrected chi connectivity index (χ3v) is 3.63. The monoisotopic (exact) mass is 312 g/mol. The lowest BCUT2D eigenvalue weighted by Crippen LogP contribution is -2.09. The number of benzene rings is 1. The maximum Gasteiger partial charge on any atom is 0.339 e. The molecule has 0 amide bonds. The molecule has 0 unspecified atom stereocenters. The van der Waals surface area contributed by atoms with Crippen LogP contribution >= 0.6 is 23.4 Å². The van der Waals surface area contributed by atoms with Gasteiger partial charge in [0.05, 0.1) is 16.3 Å². The van der Waals surface area contributed by atoms with Gasteiger partial charge in [0.2, 0.25) is 0 Å². The Bertz CT molecular complexity index is 577. The highest BCUT2D eigenvalue weighted by Gasteiger charge is 2.13. The van der Waals surface area contributed by atoms with Crippen molar-refractivity contribution < 1.29 is 9.53 Å². The Balaban J connectivity index is 2.04. The minimum Gasteiger partial charge on any atom is -0.461 e. The van der Waals surface area contributed by atoms with Crippen LogP contribution in [0.3, 0.4) is 0 Å². The molecular weight excluding hydrogens is 300 g/mol. The lowest BCUT2D eigenvalue weighted by Gasteiger charge is -2.07. The summed E-state index contributed by atoms with van der Waals surface area (Å²) in [5.41, 5.74) is 1.02. The lowest BCUT2D eigenvalue weighted by molar-refractivity contribution is 0.0530. The van der Waals surface area contributed by atoms with E-state index in [0.717, 1.165) is 11.5 Å². The van der Waals surface area contributed by atoms with Crippen molar-refractivity contribution in [2.45, 2.75) is 6.92 Å². The zero-order valence-electron chi connectivity index (χ0n) is 10.8. The smallest absolute Gasteiger partial charge is 0.339 e. The fourth-order valence-electron chi connectivity index (χ4n) is 1.51.